The van der Waals surface area contributed by atoms with Crippen molar-refractivity contribution >= 4 is 6.03 Å². The summed E-state index contributed by atoms with van der Waals surface area (Å²) in [4.78, 5) is 12.2. The van der Waals surface area contributed by atoms with Crippen LogP contribution >= 0.6 is 0 Å². The first-order valence-electron chi connectivity index (χ1n) is 7.50. The Morgan fingerprint density at radius 2 is 2.33 bits per heavy atom. The summed E-state index contributed by atoms with van der Waals surface area (Å²) in [5.74, 6) is -0.251. The average Bonchev–Trinajstić information content (AvgIpc) is 2.85. The van der Waals surface area contributed by atoms with Gasteiger partial charge in [0.05, 0.1) is 18.2 Å². The molecule has 0 saturated carbocycles. The average molecular weight is 292 g/mol. The molecule has 2 N–H and O–H groups in total. The monoisotopic (exact) mass is 292 g/mol. The van der Waals surface area contributed by atoms with Gasteiger partial charge in [-0.2, -0.15) is 0 Å². The molecule has 0 radical (unpaired) electrons. The molecule has 1 aliphatic carbocycles. The first-order valence-corrected chi connectivity index (χ1v) is 7.50. The highest BCUT2D eigenvalue weighted by molar-refractivity contribution is 5.75. The zero-order valence-corrected chi connectivity index (χ0v) is 12.2. The third kappa shape index (κ3) is 3.18. The zero-order valence-electron chi connectivity index (χ0n) is 12.2. The highest BCUT2D eigenvalue weighted by Crippen LogP contribution is 2.30. The molecule has 0 spiro atoms. The van der Waals surface area contributed by atoms with Gasteiger partial charge >= 0.3 is 6.03 Å². The van der Waals surface area contributed by atoms with Crippen LogP contribution in [0.4, 0.5) is 9.18 Å². The number of rotatable bonds is 2. The number of hydrogen-bond acceptors (Lipinski definition) is 2. The summed E-state index contributed by atoms with van der Waals surface area (Å²) >= 11 is 0. The smallest absolute Gasteiger partial charge is 0.315 e. The number of aryl methyl sites for hydroxylation is 1. The van der Waals surface area contributed by atoms with Crippen molar-refractivity contribution < 1.29 is 13.9 Å². The van der Waals surface area contributed by atoms with E-state index < -0.39 is 0 Å². The molecule has 0 aromatic heterocycles. The molecule has 21 heavy (non-hydrogen) atoms. The molecule has 114 valence electrons. The summed E-state index contributed by atoms with van der Waals surface area (Å²) < 4.78 is 18.8. The summed E-state index contributed by atoms with van der Waals surface area (Å²) in [7, 11) is 0. The predicted molar refractivity (Wildman–Crippen MR) is 77.6 cm³/mol. The SMILES string of the molecule is C[C@@]1(NC(=O)N[C@@H]2CCCc3ccc(F)cc32)CCOC1. The number of fused-ring (bicyclic) bond motifs is 1. The molecule has 1 fully saturated rings. The van der Waals surface area contributed by atoms with Crippen LogP contribution in [0.15, 0.2) is 18.2 Å². The van der Waals surface area contributed by atoms with Gasteiger partial charge in [-0.25, -0.2) is 9.18 Å². The Hall–Kier alpha value is -1.62. The highest BCUT2D eigenvalue weighted by Gasteiger charge is 2.32. The van der Waals surface area contributed by atoms with Crippen molar-refractivity contribution in [3.05, 3.63) is 35.1 Å². The van der Waals surface area contributed by atoms with E-state index >= 15 is 0 Å². The van der Waals surface area contributed by atoms with Crippen LogP contribution in [0.2, 0.25) is 0 Å². The Kier molecular flexibility index (Phi) is 3.85. The fourth-order valence-electron chi connectivity index (χ4n) is 3.15. The molecule has 4 nitrogen and oxygen atoms in total. The first-order chi connectivity index (χ1) is 10.1. The standard InChI is InChI=1S/C16H21FN2O2/c1-16(7-8-21-10-16)19-15(20)18-14-4-2-3-11-5-6-12(17)9-13(11)14/h5-6,9,14H,2-4,7-8,10H2,1H3,(H2,18,19,20)/t14-,16-/m1/s1. The van der Waals surface area contributed by atoms with Crippen LogP contribution in [-0.2, 0) is 11.2 Å². The second-order valence-electron chi connectivity index (χ2n) is 6.25. The van der Waals surface area contributed by atoms with E-state index in [-0.39, 0.29) is 23.4 Å². The second kappa shape index (κ2) is 5.64. The van der Waals surface area contributed by atoms with Crippen molar-refractivity contribution in [1.29, 1.82) is 0 Å². The molecule has 1 aliphatic heterocycles. The van der Waals surface area contributed by atoms with E-state index in [9.17, 15) is 9.18 Å². The van der Waals surface area contributed by atoms with Gasteiger partial charge in [-0.1, -0.05) is 6.07 Å². The van der Waals surface area contributed by atoms with E-state index in [2.05, 4.69) is 10.6 Å². The van der Waals surface area contributed by atoms with Crippen molar-refractivity contribution in [1.82, 2.24) is 10.6 Å². The summed E-state index contributed by atoms with van der Waals surface area (Å²) in [5, 5.41) is 5.96. The molecule has 3 rings (SSSR count). The van der Waals surface area contributed by atoms with Gasteiger partial charge in [-0.15, -0.1) is 0 Å². The third-order valence-electron chi connectivity index (χ3n) is 4.36. The lowest BCUT2D eigenvalue weighted by Gasteiger charge is -2.29. The van der Waals surface area contributed by atoms with E-state index in [1.165, 1.54) is 6.07 Å². The van der Waals surface area contributed by atoms with Gasteiger partial charge < -0.3 is 15.4 Å². The molecule has 0 bridgehead atoms. The molecule has 2 atom stereocenters. The molecule has 2 amide bonds. The van der Waals surface area contributed by atoms with Gasteiger partial charge in [-0.05, 0) is 55.9 Å². The highest BCUT2D eigenvalue weighted by atomic mass is 19.1. The number of carbonyl (C=O) groups excluding carboxylic acids is 1. The Balaban J connectivity index is 1.68. The van der Waals surface area contributed by atoms with Crippen LogP contribution in [0, 0.1) is 5.82 Å². The molecular weight excluding hydrogens is 271 g/mol. The van der Waals surface area contributed by atoms with Crippen LogP contribution in [-0.4, -0.2) is 24.8 Å². The van der Waals surface area contributed by atoms with Gasteiger partial charge in [-0.3, -0.25) is 0 Å². The number of halogens is 1. The lowest BCUT2D eigenvalue weighted by molar-refractivity contribution is 0.169. The molecule has 5 heteroatoms. The van der Waals surface area contributed by atoms with Crippen LogP contribution in [0.5, 0.6) is 0 Å². The minimum atomic E-state index is -0.302. The minimum Gasteiger partial charge on any atom is -0.379 e. The Labute approximate surface area is 124 Å². The topological polar surface area (TPSA) is 50.4 Å². The van der Waals surface area contributed by atoms with Crippen LogP contribution < -0.4 is 10.6 Å². The fraction of sp³-hybridized carbons (Fsp3) is 0.562. The largest absolute Gasteiger partial charge is 0.379 e. The van der Waals surface area contributed by atoms with Crippen molar-refractivity contribution in [2.75, 3.05) is 13.2 Å². The number of benzene rings is 1. The van der Waals surface area contributed by atoms with Gasteiger partial charge in [0, 0.05) is 6.61 Å². The number of nitrogens with one attached hydrogen (secondary N) is 2. The third-order valence-corrected chi connectivity index (χ3v) is 4.36. The quantitative estimate of drug-likeness (QED) is 0.880. The Morgan fingerprint density at radius 1 is 1.48 bits per heavy atom. The maximum atomic E-state index is 13.4. The maximum absolute atomic E-state index is 13.4. The summed E-state index contributed by atoms with van der Waals surface area (Å²) in [6.07, 6.45) is 3.61. The number of amides is 2. The maximum Gasteiger partial charge on any atom is 0.315 e. The number of urea groups is 1. The Bertz CT molecular complexity index is 541. The van der Waals surface area contributed by atoms with Crippen molar-refractivity contribution in [3.8, 4) is 0 Å². The molecule has 1 aromatic rings. The van der Waals surface area contributed by atoms with Crippen LogP contribution in [0.1, 0.15) is 43.4 Å². The van der Waals surface area contributed by atoms with Crippen molar-refractivity contribution in [3.63, 3.8) is 0 Å². The summed E-state index contributed by atoms with van der Waals surface area (Å²) in [6.45, 7) is 3.19. The fourth-order valence-corrected chi connectivity index (χ4v) is 3.15. The normalized spacial score (nSPS) is 28.0. The zero-order chi connectivity index (χ0) is 14.9. The van der Waals surface area contributed by atoms with Crippen molar-refractivity contribution in [2.24, 2.45) is 0 Å². The number of ether oxygens (including phenoxy) is 1. The van der Waals surface area contributed by atoms with Gasteiger partial charge in [0.2, 0.25) is 0 Å². The molecule has 1 aromatic carbocycles. The molecule has 0 unspecified atom stereocenters. The molecule has 2 aliphatic rings. The summed E-state index contributed by atoms with van der Waals surface area (Å²) in [5.41, 5.74) is 1.73. The van der Waals surface area contributed by atoms with E-state index in [0.717, 1.165) is 36.8 Å². The first kappa shape index (κ1) is 14.3. The van der Waals surface area contributed by atoms with E-state index in [0.29, 0.717) is 13.2 Å². The lowest BCUT2D eigenvalue weighted by atomic mass is 9.87. The number of hydrogen-bond donors (Lipinski definition) is 2. The molecule has 1 saturated heterocycles. The predicted octanol–water partition coefficient (Wildman–Crippen LogP) is 2.68. The van der Waals surface area contributed by atoms with Crippen molar-refractivity contribution in [2.45, 2.75) is 44.2 Å². The minimum absolute atomic E-state index is 0.115. The van der Waals surface area contributed by atoms with Gasteiger partial charge in [0.1, 0.15) is 5.82 Å². The molecular formula is C16H21FN2O2. The van der Waals surface area contributed by atoms with E-state index in [4.69, 9.17) is 4.74 Å². The van der Waals surface area contributed by atoms with Gasteiger partial charge in [0.25, 0.3) is 0 Å². The molecule has 1 heterocycles. The second-order valence-corrected chi connectivity index (χ2v) is 6.25. The number of carbonyl (C=O) groups is 1. The van der Waals surface area contributed by atoms with E-state index in [1.54, 1.807) is 6.07 Å². The lowest BCUT2D eigenvalue weighted by Crippen LogP contribution is -2.51. The van der Waals surface area contributed by atoms with Gasteiger partial charge in [0.15, 0.2) is 0 Å². The van der Waals surface area contributed by atoms with E-state index in [1.807, 2.05) is 13.0 Å². The van der Waals surface area contributed by atoms with Crippen LogP contribution in [0.3, 0.4) is 0 Å². The Morgan fingerprint density at radius 3 is 3.10 bits per heavy atom. The summed E-state index contributed by atoms with van der Waals surface area (Å²) in [6, 6.07) is 4.53. The van der Waals surface area contributed by atoms with Crippen LogP contribution in [0.25, 0.3) is 0 Å².